The Labute approximate surface area is 127 Å². The number of thioether (sulfide) groups is 1. The number of rotatable bonds is 2. The van der Waals surface area contributed by atoms with Gasteiger partial charge in [0.2, 0.25) is 0 Å². The maximum atomic E-state index is 12.8. The predicted octanol–water partition coefficient (Wildman–Crippen LogP) is 4.28. The van der Waals surface area contributed by atoms with Crippen LogP contribution in [0.15, 0.2) is 28.2 Å². The van der Waals surface area contributed by atoms with Gasteiger partial charge in [-0.3, -0.25) is 9.36 Å². The van der Waals surface area contributed by atoms with Gasteiger partial charge in [-0.1, -0.05) is 42.6 Å². The third-order valence-corrected chi connectivity index (χ3v) is 4.84. The lowest BCUT2D eigenvalue weighted by Gasteiger charge is -2.25. The third-order valence-electron chi connectivity index (χ3n) is 3.95. The molecule has 106 valence electrons. The van der Waals surface area contributed by atoms with E-state index in [-0.39, 0.29) is 5.56 Å². The minimum atomic E-state index is 0.0721. The van der Waals surface area contributed by atoms with E-state index < -0.39 is 0 Å². The van der Waals surface area contributed by atoms with E-state index in [1.807, 2.05) is 10.8 Å². The summed E-state index contributed by atoms with van der Waals surface area (Å²) in [4.78, 5) is 17.4. The highest BCUT2D eigenvalue weighted by Gasteiger charge is 2.21. The summed E-state index contributed by atoms with van der Waals surface area (Å²) >= 11 is 7.53. The number of fused-ring (bicyclic) bond motifs is 1. The van der Waals surface area contributed by atoms with Gasteiger partial charge in [-0.15, -0.1) is 0 Å². The van der Waals surface area contributed by atoms with E-state index in [1.54, 1.807) is 18.2 Å². The second kappa shape index (κ2) is 5.78. The van der Waals surface area contributed by atoms with Gasteiger partial charge in [-0.25, -0.2) is 4.98 Å². The normalized spacial score (nSPS) is 16.7. The Morgan fingerprint density at radius 2 is 2.05 bits per heavy atom. The fourth-order valence-electron chi connectivity index (χ4n) is 2.96. The standard InChI is InChI=1S/C15H17ClN2OS/c1-20-15-17-13-9-10(16)7-8-12(13)14(19)18(15)11-5-3-2-4-6-11/h7-9,11H,2-6H2,1H3. The lowest BCUT2D eigenvalue weighted by Crippen LogP contribution is -2.28. The molecule has 1 aliphatic carbocycles. The average Bonchev–Trinajstić information content (AvgIpc) is 2.47. The van der Waals surface area contributed by atoms with E-state index in [1.165, 1.54) is 31.0 Å². The Morgan fingerprint density at radius 1 is 1.30 bits per heavy atom. The van der Waals surface area contributed by atoms with Crippen molar-refractivity contribution in [3.05, 3.63) is 33.6 Å². The molecular weight excluding hydrogens is 292 g/mol. The zero-order valence-corrected chi connectivity index (χ0v) is 13.0. The zero-order chi connectivity index (χ0) is 14.1. The Kier molecular flexibility index (Phi) is 4.03. The topological polar surface area (TPSA) is 34.9 Å². The van der Waals surface area contributed by atoms with Crippen molar-refractivity contribution in [3.63, 3.8) is 0 Å². The molecule has 1 aliphatic rings. The van der Waals surface area contributed by atoms with Crippen molar-refractivity contribution >= 4 is 34.3 Å². The number of aromatic nitrogens is 2. The molecule has 0 N–H and O–H groups in total. The molecule has 1 aromatic carbocycles. The van der Waals surface area contributed by atoms with Gasteiger partial charge >= 0.3 is 0 Å². The van der Waals surface area contributed by atoms with E-state index in [0.717, 1.165) is 18.0 Å². The van der Waals surface area contributed by atoms with Crippen molar-refractivity contribution in [1.29, 1.82) is 0 Å². The van der Waals surface area contributed by atoms with Crippen molar-refractivity contribution < 1.29 is 0 Å². The van der Waals surface area contributed by atoms with Crippen LogP contribution in [-0.4, -0.2) is 15.8 Å². The molecule has 3 nitrogen and oxygen atoms in total. The molecule has 2 aromatic rings. The van der Waals surface area contributed by atoms with Gasteiger partial charge in [0.1, 0.15) is 0 Å². The molecule has 3 rings (SSSR count). The second-order valence-electron chi connectivity index (χ2n) is 5.23. The van der Waals surface area contributed by atoms with Crippen molar-refractivity contribution in [3.8, 4) is 0 Å². The molecule has 0 saturated heterocycles. The summed E-state index contributed by atoms with van der Waals surface area (Å²) in [6.07, 6.45) is 7.80. The molecule has 0 amide bonds. The van der Waals surface area contributed by atoms with Crippen LogP contribution in [0.3, 0.4) is 0 Å². The third kappa shape index (κ3) is 2.47. The fourth-order valence-corrected chi connectivity index (χ4v) is 3.74. The molecule has 5 heteroatoms. The van der Waals surface area contributed by atoms with Crippen LogP contribution in [0.5, 0.6) is 0 Å². The Hall–Kier alpha value is -1.00. The van der Waals surface area contributed by atoms with Gasteiger partial charge in [0.05, 0.1) is 10.9 Å². The predicted molar refractivity (Wildman–Crippen MR) is 84.9 cm³/mol. The van der Waals surface area contributed by atoms with Gasteiger partial charge in [0.15, 0.2) is 5.16 Å². The molecule has 0 radical (unpaired) electrons. The van der Waals surface area contributed by atoms with Crippen LogP contribution in [0, 0.1) is 0 Å². The van der Waals surface area contributed by atoms with Crippen molar-refractivity contribution in [2.45, 2.75) is 43.3 Å². The van der Waals surface area contributed by atoms with Crippen LogP contribution in [0.25, 0.3) is 10.9 Å². The number of hydrogen-bond acceptors (Lipinski definition) is 3. The lowest BCUT2D eigenvalue weighted by atomic mass is 9.95. The first kappa shape index (κ1) is 14.0. The van der Waals surface area contributed by atoms with Crippen LogP contribution in [0.1, 0.15) is 38.1 Å². The Morgan fingerprint density at radius 3 is 2.75 bits per heavy atom. The molecule has 1 saturated carbocycles. The molecule has 1 fully saturated rings. The fraction of sp³-hybridized carbons (Fsp3) is 0.467. The van der Waals surface area contributed by atoms with Crippen LogP contribution in [0.4, 0.5) is 0 Å². The van der Waals surface area contributed by atoms with Crippen LogP contribution in [-0.2, 0) is 0 Å². The number of halogens is 1. The minimum absolute atomic E-state index is 0.0721. The monoisotopic (exact) mass is 308 g/mol. The molecular formula is C15H17ClN2OS. The summed E-state index contributed by atoms with van der Waals surface area (Å²) in [5.41, 5.74) is 0.766. The summed E-state index contributed by atoms with van der Waals surface area (Å²) < 4.78 is 1.90. The van der Waals surface area contributed by atoms with Gasteiger partial charge in [-0.05, 0) is 37.3 Å². The van der Waals surface area contributed by atoms with Crippen LogP contribution in [0.2, 0.25) is 5.02 Å². The second-order valence-corrected chi connectivity index (χ2v) is 6.44. The van der Waals surface area contributed by atoms with Crippen LogP contribution >= 0.6 is 23.4 Å². The summed E-state index contributed by atoms with van der Waals surface area (Å²) in [5.74, 6) is 0. The Balaban J connectivity index is 2.21. The van der Waals surface area contributed by atoms with Gasteiger partial charge in [0.25, 0.3) is 5.56 Å². The number of nitrogens with zero attached hydrogens (tertiary/aromatic N) is 2. The van der Waals surface area contributed by atoms with E-state index in [2.05, 4.69) is 4.98 Å². The number of hydrogen-bond donors (Lipinski definition) is 0. The molecule has 0 atom stereocenters. The first-order chi connectivity index (χ1) is 9.70. The highest BCUT2D eigenvalue weighted by atomic mass is 35.5. The summed E-state index contributed by atoms with van der Waals surface area (Å²) in [6, 6.07) is 5.61. The Bertz CT molecular complexity index is 692. The molecule has 0 aliphatic heterocycles. The highest BCUT2D eigenvalue weighted by Crippen LogP contribution is 2.30. The van der Waals surface area contributed by atoms with E-state index >= 15 is 0 Å². The SMILES string of the molecule is CSc1nc2cc(Cl)ccc2c(=O)n1C1CCCCC1. The molecule has 1 heterocycles. The molecule has 1 aromatic heterocycles. The first-order valence-electron chi connectivity index (χ1n) is 6.96. The van der Waals surface area contributed by atoms with E-state index in [4.69, 9.17) is 11.6 Å². The van der Waals surface area contributed by atoms with Crippen molar-refractivity contribution in [2.24, 2.45) is 0 Å². The lowest BCUT2D eigenvalue weighted by molar-refractivity contribution is 0.326. The first-order valence-corrected chi connectivity index (χ1v) is 8.57. The van der Waals surface area contributed by atoms with Crippen molar-refractivity contribution in [2.75, 3.05) is 6.26 Å². The van der Waals surface area contributed by atoms with Gasteiger partial charge in [-0.2, -0.15) is 0 Å². The quantitative estimate of drug-likeness (QED) is 0.613. The molecule has 0 spiro atoms. The maximum absolute atomic E-state index is 12.8. The summed E-state index contributed by atoms with van der Waals surface area (Å²) in [6.45, 7) is 0. The molecule has 0 unspecified atom stereocenters. The van der Waals surface area contributed by atoms with Crippen LogP contribution < -0.4 is 5.56 Å². The molecule has 20 heavy (non-hydrogen) atoms. The largest absolute Gasteiger partial charge is 0.284 e. The molecule has 0 bridgehead atoms. The zero-order valence-electron chi connectivity index (χ0n) is 11.4. The minimum Gasteiger partial charge on any atom is -0.284 e. The van der Waals surface area contributed by atoms with Crippen molar-refractivity contribution in [1.82, 2.24) is 9.55 Å². The van der Waals surface area contributed by atoms with E-state index in [0.29, 0.717) is 22.0 Å². The summed E-state index contributed by atoms with van der Waals surface area (Å²) in [7, 11) is 0. The average molecular weight is 309 g/mol. The summed E-state index contributed by atoms with van der Waals surface area (Å²) in [5, 5.41) is 2.08. The highest BCUT2D eigenvalue weighted by molar-refractivity contribution is 7.98. The maximum Gasteiger partial charge on any atom is 0.262 e. The smallest absolute Gasteiger partial charge is 0.262 e. The van der Waals surface area contributed by atoms with Gasteiger partial charge < -0.3 is 0 Å². The van der Waals surface area contributed by atoms with Gasteiger partial charge in [0, 0.05) is 11.1 Å². The number of benzene rings is 1. The van der Waals surface area contributed by atoms with E-state index in [9.17, 15) is 4.79 Å².